The number of rotatable bonds is 1. The standard InChI is InChI=1S/C10H14O2/c1-10(9(11)12)6-7-2-4-8(10)5-3-7/h2,4,7-8H,3,5-6H2,1H3,(H,11,12)/t7-,8+,10-/m0/s1. The van der Waals surface area contributed by atoms with Crippen molar-refractivity contribution in [1.82, 2.24) is 0 Å². The lowest BCUT2D eigenvalue weighted by Crippen LogP contribution is -2.42. The average Bonchev–Trinajstić information content (AvgIpc) is 2.05. The van der Waals surface area contributed by atoms with Crippen LogP contribution >= 0.6 is 0 Å². The molecule has 0 saturated heterocycles. The van der Waals surface area contributed by atoms with Crippen LogP contribution in [0, 0.1) is 17.3 Å². The molecule has 2 nitrogen and oxygen atoms in total. The van der Waals surface area contributed by atoms with Crippen molar-refractivity contribution in [3.05, 3.63) is 12.2 Å². The second-order valence-electron chi connectivity index (χ2n) is 4.26. The van der Waals surface area contributed by atoms with Crippen molar-refractivity contribution in [3.63, 3.8) is 0 Å². The van der Waals surface area contributed by atoms with E-state index in [9.17, 15) is 4.79 Å². The van der Waals surface area contributed by atoms with Crippen LogP contribution in [0.4, 0.5) is 0 Å². The summed E-state index contributed by atoms with van der Waals surface area (Å²) in [4.78, 5) is 11.0. The molecule has 3 aliphatic rings. The maximum absolute atomic E-state index is 11.0. The Kier molecular flexibility index (Phi) is 1.53. The molecule has 3 aliphatic carbocycles. The fourth-order valence-electron chi connectivity index (χ4n) is 2.52. The molecule has 66 valence electrons. The lowest BCUT2D eigenvalue weighted by atomic mass is 9.60. The van der Waals surface area contributed by atoms with Crippen LogP contribution < -0.4 is 0 Å². The number of allylic oxidation sites excluding steroid dienone is 2. The molecule has 3 atom stereocenters. The third-order valence-electron chi connectivity index (χ3n) is 3.46. The maximum Gasteiger partial charge on any atom is 0.309 e. The highest BCUT2D eigenvalue weighted by molar-refractivity contribution is 5.75. The van der Waals surface area contributed by atoms with Crippen LogP contribution in [0.5, 0.6) is 0 Å². The van der Waals surface area contributed by atoms with Gasteiger partial charge in [0, 0.05) is 0 Å². The first-order valence-electron chi connectivity index (χ1n) is 4.54. The normalized spacial score (nSPS) is 44.8. The molecule has 0 aliphatic heterocycles. The van der Waals surface area contributed by atoms with Gasteiger partial charge >= 0.3 is 5.97 Å². The summed E-state index contributed by atoms with van der Waals surface area (Å²) in [5, 5.41) is 9.09. The van der Waals surface area contributed by atoms with E-state index >= 15 is 0 Å². The third-order valence-corrected chi connectivity index (χ3v) is 3.46. The minimum Gasteiger partial charge on any atom is -0.481 e. The van der Waals surface area contributed by atoms with E-state index in [1.54, 1.807) is 0 Å². The molecular weight excluding hydrogens is 152 g/mol. The molecule has 2 bridgehead atoms. The van der Waals surface area contributed by atoms with Gasteiger partial charge in [0.2, 0.25) is 0 Å². The molecule has 0 heterocycles. The van der Waals surface area contributed by atoms with Gasteiger partial charge < -0.3 is 5.11 Å². The summed E-state index contributed by atoms with van der Waals surface area (Å²) < 4.78 is 0. The Morgan fingerprint density at radius 3 is 2.50 bits per heavy atom. The number of aliphatic carboxylic acids is 1. The lowest BCUT2D eigenvalue weighted by Gasteiger charge is -2.43. The Labute approximate surface area is 72.3 Å². The lowest BCUT2D eigenvalue weighted by molar-refractivity contribution is -0.153. The highest BCUT2D eigenvalue weighted by atomic mass is 16.4. The summed E-state index contributed by atoms with van der Waals surface area (Å²) in [6, 6.07) is 0. The molecular formula is C10H14O2. The average molecular weight is 166 g/mol. The van der Waals surface area contributed by atoms with Crippen LogP contribution in [-0.2, 0) is 4.79 Å². The summed E-state index contributed by atoms with van der Waals surface area (Å²) in [7, 11) is 0. The molecule has 0 radical (unpaired) electrons. The molecule has 0 aromatic carbocycles. The highest BCUT2D eigenvalue weighted by Gasteiger charge is 2.46. The molecule has 3 rings (SSSR count). The zero-order valence-electron chi connectivity index (χ0n) is 7.29. The van der Waals surface area contributed by atoms with Gasteiger partial charge in [-0.05, 0) is 38.0 Å². The molecule has 1 fully saturated rings. The van der Waals surface area contributed by atoms with Gasteiger partial charge in [-0.3, -0.25) is 4.79 Å². The molecule has 1 saturated carbocycles. The van der Waals surface area contributed by atoms with Crippen LogP contribution in [0.15, 0.2) is 12.2 Å². The van der Waals surface area contributed by atoms with Gasteiger partial charge in [0.15, 0.2) is 0 Å². The van der Waals surface area contributed by atoms with Crippen molar-refractivity contribution in [2.45, 2.75) is 26.2 Å². The molecule has 1 N–H and O–H groups in total. The van der Waals surface area contributed by atoms with E-state index in [1.165, 1.54) is 6.42 Å². The number of hydrogen-bond donors (Lipinski definition) is 1. The molecule has 0 aromatic heterocycles. The van der Waals surface area contributed by atoms with Gasteiger partial charge in [-0.2, -0.15) is 0 Å². The fourth-order valence-corrected chi connectivity index (χ4v) is 2.52. The van der Waals surface area contributed by atoms with Gasteiger partial charge in [0.05, 0.1) is 5.41 Å². The highest BCUT2D eigenvalue weighted by Crippen LogP contribution is 2.48. The van der Waals surface area contributed by atoms with Gasteiger partial charge in [-0.25, -0.2) is 0 Å². The van der Waals surface area contributed by atoms with Crippen LogP contribution in [0.2, 0.25) is 0 Å². The van der Waals surface area contributed by atoms with Gasteiger partial charge in [-0.15, -0.1) is 0 Å². The van der Waals surface area contributed by atoms with E-state index in [1.807, 2.05) is 6.92 Å². The number of carbonyl (C=O) groups is 1. The Morgan fingerprint density at radius 2 is 2.25 bits per heavy atom. The summed E-state index contributed by atoms with van der Waals surface area (Å²) in [6.07, 6.45) is 7.38. The molecule has 0 aromatic rings. The smallest absolute Gasteiger partial charge is 0.309 e. The Hall–Kier alpha value is -0.790. The van der Waals surface area contributed by atoms with Crippen molar-refractivity contribution >= 4 is 5.97 Å². The Bertz CT molecular complexity index is 244. The Morgan fingerprint density at radius 1 is 1.50 bits per heavy atom. The third kappa shape index (κ3) is 0.904. The second-order valence-corrected chi connectivity index (χ2v) is 4.26. The van der Waals surface area contributed by atoms with Crippen LogP contribution in [-0.4, -0.2) is 11.1 Å². The monoisotopic (exact) mass is 166 g/mol. The summed E-state index contributed by atoms with van der Waals surface area (Å²) in [6.45, 7) is 1.88. The predicted octanol–water partition coefficient (Wildman–Crippen LogP) is 2.06. The SMILES string of the molecule is C[C@]1(C(=O)O)C[C@H]2C=C[C@@H]1CC2. The minimum absolute atomic E-state index is 0.278. The Balaban J connectivity index is 2.31. The molecule has 12 heavy (non-hydrogen) atoms. The summed E-state index contributed by atoms with van der Waals surface area (Å²) in [5.41, 5.74) is -0.475. The summed E-state index contributed by atoms with van der Waals surface area (Å²) in [5.74, 6) is 0.178. The number of carboxylic acid groups (broad SMARTS) is 1. The second kappa shape index (κ2) is 2.35. The van der Waals surface area contributed by atoms with Gasteiger partial charge in [-0.1, -0.05) is 12.2 Å². The van der Waals surface area contributed by atoms with Crippen LogP contribution in [0.25, 0.3) is 0 Å². The molecule has 0 unspecified atom stereocenters. The number of carboxylic acids is 1. The van der Waals surface area contributed by atoms with Crippen molar-refractivity contribution in [3.8, 4) is 0 Å². The van der Waals surface area contributed by atoms with Crippen molar-refractivity contribution < 1.29 is 9.90 Å². The summed E-state index contributed by atoms with van der Waals surface area (Å²) >= 11 is 0. The van der Waals surface area contributed by atoms with Crippen molar-refractivity contribution in [2.24, 2.45) is 17.3 Å². The van der Waals surface area contributed by atoms with Gasteiger partial charge in [0.1, 0.15) is 0 Å². The van der Waals surface area contributed by atoms with E-state index in [0.717, 1.165) is 12.8 Å². The van der Waals surface area contributed by atoms with Crippen molar-refractivity contribution in [2.75, 3.05) is 0 Å². The predicted molar refractivity (Wildman–Crippen MR) is 45.7 cm³/mol. The first-order valence-corrected chi connectivity index (χ1v) is 4.54. The fraction of sp³-hybridized carbons (Fsp3) is 0.700. The molecule has 0 spiro atoms. The zero-order valence-corrected chi connectivity index (χ0v) is 7.29. The van der Waals surface area contributed by atoms with E-state index in [-0.39, 0.29) is 5.92 Å². The largest absolute Gasteiger partial charge is 0.481 e. The number of hydrogen-bond acceptors (Lipinski definition) is 1. The van der Waals surface area contributed by atoms with E-state index in [4.69, 9.17) is 5.11 Å². The van der Waals surface area contributed by atoms with Crippen LogP contribution in [0.1, 0.15) is 26.2 Å². The quantitative estimate of drug-likeness (QED) is 0.605. The van der Waals surface area contributed by atoms with Crippen molar-refractivity contribution in [1.29, 1.82) is 0 Å². The van der Waals surface area contributed by atoms with E-state index in [2.05, 4.69) is 12.2 Å². The minimum atomic E-state index is -0.624. The number of fused-ring (bicyclic) bond motifs is 2. The first-order chi connectivity index (χ1) is 5.63. The molecule has 0 amide bonds. The topological polar surface area (TPSA) is 37.3 Å². The molecule has 2 heteroatoms. The zero-order chi connectivity index (χ0) is 8.77. The first kappa shape index (κ1) is 7.84. The van der Waals surface area contributed by atoms with Crippen LogP contribution in [0.3, 0.4) is 0 Å². The van der Waals surface area contributed by atoms with E-state index in [0.29, 0.717) is 5.92 Å². The maximum atomic E-state index is 11.0. The van der Waals surface area contributed by atoms with E-state index < -0.39 is 11.4 Å². The van der Waals surface area contributed by atoms with Gasteiger partial charge in [0.25, 0.3) is 0 Å².